The average molecular weight is 277 g/mol. The van der Waals surface area contributed by atoms with Gasteiger partial charge in [-0.3, -0.25) is 4.79 Å². The molecule has 0 aromatic rings. The second-order valence-electron chi connectivity index (χ2n) is 5.53. The fraction of sp³-hybridized carbons (Fsp3) is 0.923. The van der Waals surface area contributed by atoms with E-state index in [1.807, 2.05) is 0 Å². The van der Waals surface area contributed by atoms with Crippen molar-refractivity contribution in [2.45, 2.75) is 57.7 Å². The molecule has 2 fully saturated rings. The van der Waals surface area contributed by atoms with E-state index in [-0.39, 0.29) is 24.4 Å². The maximum Gasteiger partial charge on any atom is 0.237 e. The maximum absolute atomic E-state index is 12.0. The summed E-state index contributed by atoms with van der Waals surface area (Å²) in [6.45, 7) is 6.09. The Morgan fingerprint density at radius 1 is 1.39 bits per heavy atom. The van der Waals surface area contributed by atoms with Crippen LogP contribution in [0, 0.1) is 5.92 Å². The summed E-state index contributed by atoms with van der Waals surface area (Å²) in [4.78, 5) is 12.0. The minimum absolute atomic E-state index is 0. The van der Waals surface area contributed by atoms with Crippen molar-refractivity contribution < 1.29 is 9.53 Å². The van der Waals surface area contributed by atoms with Crippen LogP contribution < -0.4 is 10.6 Å². The minimum atomic E-state index is 0. The highest BCUT2D eigenvalue weighted by Crippen LogP contribution is 2.20. The van der Waals surface area contributed by atoms with Crippen molar-refractivity contribution >= 4 is 18.3 Å². The summed E-state index contributed by atoms with van der Waals surface area (Å²) in [6.07, 6.45) is 4.28. The SMILES string of the molecule is CC(C)C1CC(NC(=O)C2CCCN2)CCO1.Cl. The molecular formula is C13H25ClN2O2. The van der Waals surface area contributed by atoms with Crippen LogP contribution in [0.5, 0.6) is 0 Å². The molecule has 18 heavy (non-hydrogen) atoms. The molecule has 2 rings (SSSR count). The molecule has 0 radical (unpaired) electrons. The Kier molecular flexibility index (Phi) is 6.39. The third kappa shape index (κ3) is 4.11. The van der Waals surface area contributed by atoms with E-state index >= 15 is 0 Å². The van der Waals surface area contributed by atoms with E-state index in [2.05, 4.69) is 24.5 Å². The summed E-state index contributed by atoms with van der Waals surface area (Å²) in [6, 6.07) is 0.335. The van der Waals surface area contributed by atoms with Gasteiger partial charge in [-0.1, -0.05) is 13.8 Å². The highest BCUT2D eigenvalue weighted by molar-refractivity contribution is 5.85. The lowest BCUT2D eigenvalue weighted by Crippen LogP contribution is -2.48. The van der Waals surface area contributed by atoms with E-state index in [4.69, 9.17) is 4.74 Å². The quantitative estimate of drug-likeness (QED) is 0.821. The zero-order chi connectivity index (χ0) is 12.3. The number of ether oxygens (including phenoxy) is 1. The number of hydrogen-bond donors (Lipinski definition) is 2. The highest BCUT2D eigenvalue weighted by Gasteiger charge is 2.28. The van der Waals surface area contributed by atoms with Crippen molar-refractivity contribution in [1.29, 1.82) is 0 Å². The van der Waals surface area contributed by atoms with Crippen molar-refractivity contribution in [3.05, 3.63) is 0 Å². The van der Waals surface area contributed by atoms with Gasteiger partial charge in [-0.15, -0.1) is 12.4 Å². The maximum atomic E-state index is 12.0. The summed E-state index contributed by atoms with van der Waals surface area (Å²) in [5.74, 6) is 0.705. The highest BCUT2D eigenvalue weighted by atomic mass is 35.5. The molecule has 0 bridgehead atoms. The molecule has 2 saturated heterocycles. The van der Waals surface area contributed by atoms with Crippen LogP contribution in [0.4, 0.5) is 0 Å². The first kappa shape index (κ1) is 15.7. The Labute approximate surface area is 116 Å². The predicted molar refractivity (Wildman–Crippen MR) is 74.0 cm³/mol. The largest absolute Gasteiger partial charge is 0.378 e. The first-order valence-corrected chi connectivity index (χ1v) is 6.82. The molecule has 5 heteroatoms. The molecule has 2 aliphatic rings. The number of carbonyl (C=O) groups is 1. The molecule has 4 nitrogen and oxygen atoms in total. The third-order valence-electron chi connectivity index (χ3n) is 3.78. The lowest BCUT2D eigenvalue weighted by molar-refractivity contribution is -0.124. The van der Waals surface area contributed by atoms with Crippen LogP contribution in [-0.2, 0) is 9.53 Å². The van der Waals surface area contributed by atoms with Gasteiger partial charge in [0.25, 0.3) is 0 Å². The topological polar surface area (TPSA) is 50.4 Å². The Balaban J connectivity index is 0.00000162. The lowest BCUT2D eigenvalue weighted by Gasteiger charge is -2.32. The summed E-state index contributed by atoms with van der Waals surface area (Å²) < 4.78 is 5.71. The minimum Gasteiger partial charge on any atom is -0.378 e. The van der Waals surface area contributed by atoms with Gasteiger partial charge in [0.05, 0.1) is 12.1 Å². The molecule has 2 heterocycles. The molecule has 3 unspecified atom stereocenters. The van der Waals surface area contributed by atoms with Crippen molar-refractivity contribution in [3.8, 4) is 0 Å². The van der Waals surface area contributed by atoms with E-state index in [1.54, 1.807) is 0 Å². The zero-order valence-electron chi connectivity index (χ0n) is 11.3. The van der Waals surface area contributed by atoms with Crippen molar-refractivity contribution in [2.24, 2.45) is 5.92 Å². The first-order valence-electron chi connectivity index (χ1n) is 6.82. The Hall–Kier alpha value is -0.320. The van der Waals surface area contributed by atoms with Gasteiger partial charge in [-0.25, -0.2) is 0 Å². The monoisotopic (exact) mass is 276 g/mol. The summed E-state index contributed by atoms with van der Waals surface area (Å²) >= 11 is 0. The van der Waals surface area contributed by atoms with E-state index in [0.717, 1.165) is 38.8 Å². The number of nitrogens with one attached hydrogen (secondary N) is 2. The van der Waals surface area contributed by atoms with Crippen molar-refractivity contribution in [3.63, 3.8) is 0 Å². The Morgan fingerprint density at radius 3 is 2.78 bits per heavy atom. The van der Waals surface area contributed by atoms with Crippen LogP contribution in [-0.4, -0.2) is 37.2 Å². The Bertz CT molecular complexity index is 268. The van der Waals surface area contributed by atoms with Crippen LogP contribution in [0.25, 0.3) is 0 Å². The summed E-state index contributed by atoms with van der Waals surface area (Å²) in [7, 11) is 0. The average Bonchev–Trinajstić information content (AvgIpc) is 2.82. The molecule has 1 amide bonds. The van der Waals surface area contributed by atoms with Crippen LogP contribution in [0.2, 0.25) is 0 Å². The number of carbonyl (C=O) groups excluding carboxylic acids is 1. The molecule has 0 aromatic carbocycles. The van der Waals surface area contributed by atoms with Gasteiger partial charge in [-0.2, -0.15) is 0 Å². The molecule has 3 atom stereocenters. The molecule has 2 aliphatic heterocycles. The van der Waals surface area contributed by atoms with E-state index in [9.17, 15) is 4.79 Å². The van der Waals surface area contributed by atoms with Gasteiger partial charge >= 0.3 is 0 Å². The molecule has 106 valence electrons. The number of hydrogen-bond acceptors (Lipinski definition) is 3. The smallest absolute Gasteiger partial charge is 0.237 e. The molecule has 0 aromatic heterocycles. The second kappa shape index (κ2) is 7.31. The fourth-order valence-corrected chi connectivity index (χ4v) is 2.63. The van der Waals surface area contributed by atoms with Gasteiger partial charge in [-0.05, 0) is 38.1 Å². The standard InChI is InChI=1S/C13H24N2O2.ClH/c1-9(2)12-8-10(5-7-17-12)15-13(16)11-4-3-6-14-11;/h9-12,14H,3-8H2,1-2H3,(H,15,16);1H. The van der Waals surface area contributed by atoms with Crippen molar-refractivity contribution in [2.75, 3.05) is 13.2 Å². The molecule has 0 aliphatic carbocycles. The van der Waals surface area contributed by atoms with Crippen molar-refractivity contribution in [1.82, 2.24) is 10.6 Å². The summed E-state index contributed by atoms with van der Waals surface area (Å²) in [5, 5.41) is 6.40. The van der Waals surface area contributed by atoms with Crippen LogP contribution in [0.15, 0.2) is 0 Å². The van der Waals surface area contributed by atoms with Gasteiger partial charge < -0.3 is 15.4 Å². The number of halogens is 1. The van der Waals surface area contributed by atoms with Gasteiger partial charge in [0.15, 0.2) is 0 Å². The second-order valence-corrected chi connectivity index (χ2v) is 5.53. The third-order valence-corrected chi connectivity index (χ3v) is 3.78. The molecule has 0 spiro atoms. The molecule has 0 saturated carbocycles. The number of rotatable bonds is 3. The fourth-order valence-electron chi connectivity index (χ4n) is 2.63. The number of amides is 1. The van der Waals surface area contributed by atoms with E-state index < -0.39 is 0 Å². The van der Waals surface area contributed by atoms with Gasteiger partial charge in [0, 0.05) is 12.6 Å². The lowest BCUT2D eigenvalue weighted by atomic mass is 9.95. The normalized spacial score (nSPS) is 32.1. The zero-order valence-corrected chi connectivity index (χ0v) is 12.1. The molecular weight excluding hydrogens is 252 g/mol. The first-order chi connectivity index (χ1) is 8.16. The van der Waals surface area contributed by atoms with E-state index in [1.165, 1.54) is 0 Å². The van der Waals surface area contributed by atoms with E-state index in [0.29, 0.717) is 18.1 Å². The van der Waals surface area contributed by atoms with Crippen LogP contribution in [0.3, 0.4) is 0 Å². The van der Waals surface area contributed by atoms with Gasteiger partial charge in [0.1, 0.15) is 0 Å². The Morgan fingerprint density at radius 2 is 2.17 bits per heavy atom. The summed E-state index contributed by atoms with van der Waals surface area (Å²) in [5.41, 5.74) is 0. The van der Waals surface area contributed by atoms with Gasteiger partial charge in [0.2, 0.25) is 5.91 Å². The predicted octanol–water partition coefficient (Wildman–Crippen LogP) is 1.48. The molecule has 2 N–H and O–H groups in total. The van der Waals surface area contributed by atoms with Crippen LogP contribution >= 0.6 is 12.4 Å². The van der Waals surface area contributed by atoms with Crippen LogP contribution in [0.1, 0.15) is 39.5 Å².